The van der Waals surface area contributed by atoms with Crippen molar-refractivity contribution in [2.24, 2.45) is 0 Å². The quantitative estimate of drug-likeness (QED) is 0.256. The molecule has 8 heteroatoms. The van der Waals surface area contributed by atoms with Crippen LogP contribution in [0, 0.1) is 6.92 Å². The second-order valence-electron chi connectivity index (χ2n) is 5.14. The van der Waals surface area contributed by atoms with Crippen molar-refractivity contribution in [3.63, 3.8) is 0 Å². The van der Waals surface area contributed by atoms with Crippen LogP contribution in [0.2, 0.25) is 15.1 Å². The van der Waals surface area contributed by atoms with Gasteiger partial charge in [-0.15, -0.1) is 0 Å². The van der Waals surface area contributed by atoms with Crippen LogP contribution in [0.4, 0.5) is 13.2 Å². The zero-order valence-electron chi connectivity index (χ0n) is 12.5. The summed E-state index contributed by atoms with van der Waals surface area (Å²) in [7, 11) is 0. The van der Waals surface area contributed by atoms with E-state index in [9.17, 15) is 18.0 Å². The number of benzene rings is 2. The molecule has 132 valence electrons. The highest BCUT2D eigenvalue weighted by Crippen LogP contribution is 2.39. The van der Waals surface area contributed by atoms with E-state index in [1.54, 1.807) is 13.0 Å². The van der Waals surface area contributed by atoms with Gasteiger partial charge in [0.1, 0.15) is 0 Å². The van der Waals surface area contributed by atoms with E-state index in [0.29, 0.717) is 6.08 Å². The number of allylic oxidation sites excluding steroid dienone is 2. The zero-order valence-corrected chi connectivity index (χ0v) is 16.4. The summed E-state index contributed by atoms with van der Waals surface area (Å²) >= 11 is 20.6. The maximum atomic E-state index is 13.4. The number of carbonyl (C=O) groups is 1. The number of rotatable bonds is 3. The summed E-state index contributed by atoms with van der Waals surface area (Å²) in [6.45, 7) is 1.73. The lowest BCUT2D eigenvalue weighted by Gasteiger charge is -2.13. The van der Waals surface area contributed by atoms with E-state index in [2.05, 4.69) is 15.9 Å². The van der Waals surface area contributed by atoms with Gasteiger partial charge in [-0.2, -0.15) is 13.2 Å². The van der Waals surface area contributed by atoms with Crippen molar-refractivity contribution in [2.75, 3.05) is 0 Å². The van der Waals surface area contributed by atoms with Crippen molar-refractivity contribution in [3.8, 4) is 0 Å². The highest BCUT2D eigenvalue weighted by atomic mass is 79.9. The topological polar surface area (TPSA) is 17.1 Å². The molecule has 0 fully saturated rings. The lowest BCUT2D eigenvalue weighted by molar-refractivity contribution is -0.0689. The molecule has 2 rings (SSSR count). The summed E-state index contributed by atoms with van der Waals surface area (Å²) in [6.07, 6.45) is -4.25. The van der Waals surface area contributed by atoms with Crippen LogP contribution in [0.25, 0.3) is 5.57 Å². The van der Waals surface area contributed by atoms with E-state index in [1.807, 2.05) is 0 Å². The maximum absolute atomic E-state index is 13.4. The van der Waals surface area contributed by atoms with E-state index >= 15 is 0 Å². The summed E-state index contributed by atoms with van der Waals surface area (Å²) in [6, 6.07) is 6.58. The Hall–Kier alpha value is -1.01. The third-order valence-corrected chi connectivity index (χ3v) is 5.40. The Morgan fingerprint density at radius 1 is 1.04 bits per heavy atom. The van der Waals surface area contributed by atoms with Gasteiger partial charge in [0, 0.05) is 10.0 Å². The van der Waals surface area contributed by atoms with Crippen LogP contribution in [-0.2, 0) is 0 Å². The van der Waals surface area contributed by atoms with Gasteiger partial charge in [-0.1, -0.05) is 50.7 Å². The van der Waals surface area contributed by atoms with Gasteiger partial charge in [0.25, 0.3) is 0 Å². The molecule has 0 saturated carbocycles. The van der Waals surface area contributed by atoms with Crippen molar-refractivity contribution in [1.82, 2.24) is 0 Å². The molecule has 0 radical (unpaired) electrons. The molecule has 25 heavy (non-hydrogen) atoms. The van der Waals surface area contributed by atoms with E-state index < -0.39 is 17.5 Å². The summed E-state index contributed by atoms with van der Waals surface area (Å²) in [4.78, 5) is 12.3. The van der Waals surface area contributed by atoms with Crippen molar-refractivity contribution in [2.45, 2.75) is 13.1 Å². The fourth-order valence-corrected chi connectivity index (χ4v) is 2.90. The minimum atomic E-state index is -4.78. The van der Waals surface area contributed by atoms with Gasteiger partial charge in [0.2, 0.25) is 0 Å². The standard InChI is InChI=1S/C17H9BrCl3F3O/c1-8-4-9(2-3-12(8)18)15(25)7-11(17(22,23)24)10-5-13(19)16(21)14(20)6-10/h2-7H,1H3. The Morgan fingerprint density at radius 2 is 1.60 bits per heavy atom. The summed E-state index contributed by atoms with van der Waals surface area (Å²) < 4.78 is 41.1. The second kappa shape index (κ2) is 7.70. The highest BCUT2D eigenvalue weighted by molar-refractivity contribution is 9.10. The first kappa shape index (κ1) is 20.3. The molecule has 0 N–H and O–H groups in total. The molecule has 2 aromatic rings. The van der Waals surface area contributed by atoms with E-state index in [4.69, 9.17) is 34.8 Å². The predicted octanol–water partition coefficient (Wildman–Crippen LogP) is 7.55. The SMILES string of the molecule is Cc1cc(C(=O)C=C(c2cc(Cl)c(Cl)c(Cl)c2)C(F)(F)F)ccc1Br. The number of aryl methyl sites for hydroxylation is 1. The fraction of sp³-hybridized carbons (Fsp3) is 0.118. The third kappa shape index (κ3) is 4.79. The third-order valence-electron chi connectivity index (χ3n) is 3.32. The molecule has 0 atom stereocenters. The van der Waals surface area contributed by atoms with Gasteiger partial charge >= 0.3 is 6.18 Å². The first-order chi connectivity index (χ1) is 11.5. The first-order valence-corrected chi connectivity index (χ1v) is 8.67. The van der Waals surface area contributed by atoms with Gasteiger partial charge in [0.15, 0.2) is 5.78 Å². The Balaban J connectivity index is 2.56. The van der Waals surface area contributed by atoms with Crippen LogP contribution in [0.1, 0.15) is 21.5 Å². The largest absolute Gasteiger partial charge is 0.417 e. The average Bonchev–Trinajstić information content (AvgIpc) is 2.51. The molecule has 2 aromatic carbocycles. The molecular formula is C17H9BrCl3F3O. The molecule has 1 nitrogen and oxygen atoms in total. The number of hydrogen-bond acceptors (Lipinski definition) is 1. The minimum Gasteiger partial charge on any atom is -0.289 e. The summed E-state index contributed by atoms with van der Waals surface area (Å²) in [5, 5.41) is -0.319. The van der Waals surface area contributed by atoms with Crippen LogP contribution in [0.3, 0.4) is 0 Å². The number of halogens is 7. The molecule has 0 saturated heterocycles. The van der Waals surface area contributed by atoms with E-state index in [1.165, 1.54) is 12.1 Å². The van der Waals surface area contributed by atoms with Crippen LogP contribution >= 0.6 is 50.7 Å². The van der Waals surface area contributed by atoms with Crippen molar-refractivity contribution in [1.29, 1.82) is 0 Å². The maximum Gasteiger partial charge on any atom is 0.417 e. The molecular weight excluding hydrogens is 463 g/mol. The van der Waals surface area contributed by atoms with Gasteiger partial charge in [-0.05, 0) is 54.5 Å². The molecule has 0 spiro atoms. The van der Waals surface area contributed by atoms with Crippen LogP contribution < -0.4 is 0 Å². The van der Waals surface area contributed by atoms with Crippen molar-refractivity contribution < 1.29 is 18.0 Å². The predicted molar refractivity (Wildman–Crippen MR) is 98.7 cm³/mol. The zero-order chi connectivity index (χ0) is 18.9. The van der Waals surface area contributed by atoms with Crippen molar-refractivity contribution in [3.05, 3.63) is 72.6 Å². The molecule has 0 amide bonds. The van der Waals surface area contributed by atoms with E-state index in [0.717, 1.165) is 22.2 Å². The number of hydrogen-bond donors (Lipinski definition) is 0. The molecule has 0 aliphatic rings. The van der Waals surface area contributed by atoms with E-state index in [-0.39, 0.29) is 26.2 Å². The second-order valence-corrected chi connectivity index (χ2v) is 7.18. The molecule has 0 aliphatic heterocycles. The number of ketones is 1. The lowest BCUT2D eigenvalue weighted by atomic mass is 10.0. The fourth-order valence-electron chi connectivity index (χ4n) is 2.05. The number of carbonyl (C=O) groups excluding carboxylic acids is 1. The summed E-state index contributed by atoms with van der Waals surface area (Å²) in [5.74, 6) is -0.787. The van der Waals surface area contributed by atoms with Crippen LogP contribution in [0.15, 0.2) is 40.9 Å². The Kier molecular flexibility index (Phi) is 6.26. The molecule has 0 aliphatic carbocycles. The Bertz CT molecular complexity index is 853. The van der Waals surface area contributed by atoms with Gasteiger partial charge in [-0.3, -0.25) is 4.79 Å². The smallest absolute Gasteiger partial charge is 0.289 e. The van der Waals surface area contributed by atoms with Gasteiger partial charge in [-0.25, -0.2) is 0 Å². The van der Waals surface area contributed by atoms with Crippen LogP contribution in [-0.4, -0.2) is 12.0 Å². The Labute approximate surface area is 165 Å². The first-order valence-electron chi connectivity index (χ1n) is 6.75. The molecule has 0 unspecified atom stereocenters. The Morgan fingerprint density at radius 3 is 2.08 bits per heavy atom. The average molecular weight is 473 g/mol. The minimum absolute atomic E-state index is 0.0523. The van der Waals surface area contributed by atoms with Gasteiger partial charge < -0.3 is 0 Å². The number of alkyl halides is 3. The van der Waals surface area contributed by atoms with Gasteiger partial charge in [0.05, 0.1) is 20.6 Å². The molecule has 0 aromatic heterocycles. The monoisotopic (exact) mass is 470 g/mol. The lowest BCUT2D eigenvalue weighted by Crippen LogP contribution is -2.13. The highest BCUT2D eigenvalue weighted by Gasteiger charge is 2.36. The molecule has 0 bridgehead atoms. The van der Waals surface area contributed by atoms with Crippen LogP contribution in [0.5, 0.6) is 0 Å². The molecule has 0 heterocycles. The normalized spacial score (nSPS) is 12.4. The summed E-state index contributed by atoms with van der Waals surface area (Å²) in [5.41, 5.74) is -0.633. The van der Waals surface area contributed by atoms with Crippen molar-refractivity contribution >= 4 is 62.1 Å².